The lowest BCUT2D eigenvalue weighted by molar-refractivity contribution is 0.247. The molecule has 0 atom stereocenters. The quantitative estimate of drug-likeness (QED) is 0.680. The number of hydrogen-bond donors (Lipinski definition) is 2. The lowest BCUT2D eigenvalue weighted by atomic mass is 10.1. The maximum atomic E-state index is 11.7. The third kappa shape index (κ3) is 1.63. The number of nitrogens with zero attached hydrogens (tertiary/aromatic N) is 1. The summed E-state index contributed by atoms with van der Waals surface area (Å²) >= 11 is 0. The summed E-state index contributed by atoms with van der Waals surface area (Å²) in [5.74, 6) is 0. The number of rotatable bonds is 1. The summed E-state index contributed by atoms with van der Waals surface area (Å²) in [4.78, 5) is 13.4. The molecule has 1 heterocycles. The second-order valence-electron chi connectivity index (χ2n) is 3.58. The zero-order chi connectivity index (χ0) is 10.8. The Morgan fingerprint density at radius 3 is 3.13 bits per heavy atom. The molecule has 1 aliphatic rings. The molecule has 2 rings (SSSR count). The third-order valence-corrected chi connectivity index (χ3v) is 2.64. The van der Waals surface area contributed by atoms with E-state index in [0.29, 0.717) is 6.54 Å². The van der Waals surface area contributed by atoms with E-state index in [-0.39, 0.29) is 6.03 Å². The standard InChI is InChI=1S/C11H15N3O/c1-2-13-11(15)14-7-6-8-9(12)4-3-5-10(8)14/h3-5H,2,6-7,12H2,1H3,(H,13,15). The fourth-order valence-electron chi connectivity index (χ4n) is 1.92. The number of fused-ring (bicyclic) bond motifs is 1. The van der Waals surface area contributed by atoms with E-state index >= 15 is 0 Å². The lowest BCUT2D eigenvalue weighted by Gasteiger charge is -2.17. The van der Waals surface area contributed by atoms with Crippen LogP contribution in [-0.2, 0) is 6.42 Å². The van der Waals surface area contributed by atoms with Gasteiger partial charge in [0, 0.05) is 24.3 Å². The average molecular weight is 205 g/mol. The van der Waals surface area contributed by atoms with E-state index in [1.165, 1.54) is 0 Å². The maximum Gasteiger partial charge on any atom is 0.321 e. The first-order chi connectivity index (χ1) is 7.24. The summed E-state index contributed by atoms with van der Waals surface area (Å²) in [7, 11) is 0. The molecular weight excluding hydrogens is 190 g/mol. The van der Waals surface area contributed by atoms with Gasteiger partial charge >= 0.3 is 6.03 Å². The van der Waals surface area contributed by atoms with E-state index in [1.54, 1.807) is 4.90 Å². The van der Waals surface area contributed by atoms with E-state index in [9.17, 15) is 4.79 Å². The summed E-state index contributed by atoms with van der Waals surface area (Å²) in [6.45, 7) is 3.27. The molecule has 80 valence electrons. The van der Waals surface area contributed by atoms with E-state index in [2.05, 4.69) is 5.32 Å². The second-order valence-corrected chi connectivity index (χ2v) is 3.58. The number of carbonyl (C=O) groups is 1. The molecule has 0 fully saturated rings. The number of nitrogen functional groups attached to an aromatic ring is 1. The van der Waals surface area contributed by atoms with Crippen LogP contribution < -0.4 is 16.0 Å². The van der Waals surface area contributed by atoms with Crippen LogP contribution in [-0.4, -0.2) is 19.1 Å². The number of hydrogen-bond acceptors (Lipinski definition) is 2. The Morgan fingerprint density at radius 2 is 2.40 bits per heavy atom. The predicted molar refractivity (Wildman–Crippen MR) is 61.0 cm³/mol. The van der Waals surface area contributed by atoms with Gasteiger partial charge < -0.3 is 11.1 Å². The van der Waals surface area contributed by atoms with Crippen molar-refractivity contribution in [3.63, 3.8) is 0 Å². The van der Waals surface area contributed by atoms with Crippen molar-refractivity contribution < 1.29 is 4.79 Å². The zero-order valence-corrected chi connectivity index (χ0v) is 8.79. The molecule has 0 unspecified atom stereocenters. The number of nitrogens with one attached hydrogen (secondary N) is 1. The zero-order valence-electron chi connectivity index (χ0n) is 8.79. The number of benzene rings is 1. The van der Waals surface area contributed by atoms with Gasteiger partial charge in [0.25, 0.3) is 0 Å². The van der Waals surface area contributed by atoms with E-state index < -0.39 is 0 Å². The van der Waals surface area contributed by atoms with Gasteiger partial charge in [-0.25, -0.2) is 4.79 Å². The highest BCUT2D eigenvalue weighted by Crippen LogP contribution is 2.31. The lowest BCUT2D eigenvalue weighted by Crippen LogP contribution is -2.38. The summed E-state index contributed by atoms with van der Waals surface area (Å²) in [5, 5.41) is 2.79. The van der Waals surface area contributed by atoms with Crippen molar-refractivity contribution >= 4 is 17.4 Å². The molecule has 0 aliphatic carbocycles. The molecule has 3 N–H and O–H groups in total. The molecule has 1 aliphatic heterocycles. The predicted octanol–water partition coefficient (Wildman–Crippen LogP) is 1.36. The molecule has 0 saturated carbocycles. The minimum absolute atomic E-state index is 0.0400. The first kappa shape index (κ1) is 9.83. The first-order valence-corrected chi connectivity index (χ1v) is 5.16. The number of nitrogens with two attached hydrogens (primary N) is 1. The summed E-state index contributed by atoms with van der Waals surface area (Å²) in [6, 6.07) is 5.65. The van der Waals surface area contributed by atoms with Crippen LogP contribution in [0.1, 0.15) is 12.5 Å². The van der Waals surface area contributed by atoms with Crippen LogP contribution in [0.2, 0.25) is 0 Å². The van der Waals surface area contributed by atoms with Crippen LogP contribution in [0.5, 0.6) is 0 Å². The SMILES string of the molecule is CCNC(=O)N1CCc2c(N)cccc21. The van der Waals surface area contributed by atoms with Crippen LogP contribution in [0, 0.1) is 0 Å². The largest absolute Gasteiger partial charge is 0.398 e. The smallest absolute Gasteiger partial charge is 0.321 e. The van der Waals surface area contributed by atoms with Crippen LogP contribution in [0.4, 0.5) is 16.2 Å². The molecule has 1 aromatic carbocycles. The number of carbonyl (C=O) groups excluding carboxylic acids is 1. The Hall–Kier alpha value is -1.71. The van der Waals surface area contributed by atoms with Crippen LogP contribution >= 0.6 is 0 Å². The molecule has 0 bridgehead atoms. The van der Waals surface area contributed by atoms with Crippen molar-refractivity contribution in [1.29, 1.82) is 0 Å². The van der Waals surface area contributed by atoms with Crippen LogP contribution in [0.15, 0.2) is 18.2 Å². The molecule has 15 heavy (non-hydrogen) atoms. The molecule has 0 spiro atoms. The Kier molecular flexibility index (Phi) is 2.49. The summed E-state index contributed by atoms with van der Waals surface area (Å²) < 4.78 is 0. The molecule has 0 radical (unpaired) electrons. The van der Waals surface area contributed by atoms with Crippen LogP contribution in [0.3, 0.4) is 0 Å². The highest BCUT2D eigenvalue weighted by molar-refractivity contribution is 5.95. The van der Waals surface area contributed by atoms with E-state index in [0.717, 1.165) is 29.9 Å². The van der Waals surface area contributed by atoms with Gasteiger partial charge in [-0.2, -0.15) is 0 Å². The summed E-state index contributed by atoms with van der Waals surface area (Å²) in [6.07, 6.45) is 0.846. The highest BCUT2D eigenvalue weighted by Gasteiger charge is 2.25. The van der Waals surface area contributed by atoms with E-state index in [4.69, 9.17) is 5.73 Å². The monoisotopic (exact) mass is 205 g/mol. The molecule has 0 aromatic heterocycles. The van der Waals surface area contributed by atoms with Crippen molar-refractivity contribution in [2.45, 2.75) is 13.3 Å². The average Bonchev–Trinajstić information content (AvgIpc) is 2.63. The van der Waals surface area contributed by atoms with Crippen LogP contribution in [0.25, 0.3) is 0 Å². The topological polar surface area (TPSA) is 58.4 Å². The normalized spacial score (nSPS) is 13.8. The Labute approximate surface area is 89.1 Å². The Balaban J connectivity index is 2.29. The van der Waals surface area contributed by atoms with Gasteiger partial charge in [0.05, 0.1) is 5.69 Å². The minimum atomic E-state index is -0.0400. The van der Waals surface area contributed by atoms with Crippen molar-refractivity contribution in [2.24, 2.45) is 0 Å². The second kappa shape index (κ2) is 3.81. The molecular formula is C11H15N3O. The molecule has 4 nitrogen and oxygen atoms in total. The van der Waals surface area contributed by atoms with Crippen molar-refractivity contribution in [2.75, 3.05) is 23.7 Å². The fraction of sp³-hybridized carbons (Fsp3) is 0.364. The molecule has 4 heteroatoms. The summed E-state index contributed by atoms with van der Waals surface area (Å²) in [5.41, 5.74) is 8.66. The molecule has 2 amide bonds. The van der Waals surface area contributed by atoms with Crippen molar-refractivity contribution in [3.8, 4) is 0 Å². The minimum Gasteiger partial charge on any atom is -0.398 e. The van der Waals surface area contributed by atoms with Crippen molar-refractivity contribution in [3.05, 3.63) is 23.8 Å². The fourth-order valence-corrected chi connectivity index (χ4v) is 1.92. The van der Waals surface area contributed by atoms with Gasteiger partial charge in [0.15, 0.2) is 0 Å². The Bertz CT molecular complexity index is 389. The highest BCUT2D eigenvalue weighted by atomic mass is 16.2. The van der Waals surface area contributed by atoms with Gasteiger partial charge in [-0.1, -0.05) is 6.07 Å². The first-order valence-electron chi connectivity index (χ1n) is 5.16. The van der Waals surface area contributed by atoms with Gasteiger partial charge in [-0.3, -0.25) is 4.90 Å². The van der Waals surface area contributed by atoms with Gasteiger partial charge in [0.2, 0.25) is 0 Å². The number of urea groups is 1. The molecule has 1 aromatic rings. The molecule has 0 saturated heterocycles. The van der Waals surface area contributed by atoms with Gasteiger partial charge in [-0.05, 0) is 25.5 Å². The number of anilines is 2. The van der Waals surface area contributed by atoms with Crippen molar-refractivity contribution in [1.82, 2.24) is 5.32 Å². The van der Waals surface area contributed by atoms with E-state index in [1.807, 2.05) is 25.1 Å². The third-order valence-electron chi connectivity index (χ3n) is 2.64. The Morgan fingerprint density at radius 1 is 1.60 bits per heavy atom. The van der Waals surface area contributed by atoms with Gasteiger partial charge in [-0.15, -0.1) is 0 Å². The van der Waals surface area contributed by atoms with Gasteiger partial charge in [0.1, 0.15) is 0 Å². The number of amides is 2. The maximum absolute atomic E-state index is 11.7.